The molecule has 0 aliphatic rings. The van der Waals surface area contributed by atoms with Crippen molar-refractivity contribution in [3.63, 3.8) is 0 Å². The highest BCUT2D eigenvalue weighted by Crippen LogP contribution is 2.35. The molecule has 1 heterocycles. The van der Waals surface area contributed by atoms with Crippen LogP contribution < -0.4 is 10.6 Å². The van der Waals surface area contributed by atoms with Crippen LogP contribution >= 0.6 is 0 Å². The van der Waals surface area contributed by atoms with Gasteiger partial charge in [0, 0.05) is 17.6 Å². The number of hydrogen-bond donors (Lipinski definition) is 2. The number of hydrogen-bond acceptors (Lipinski definition) is 4. The van der Waals surface area contributed by atoms with Crippen LogP contribution in [0.2, 0.25) is 0 Å². The maximum absolute atomic E-state index is 13.4. The first kappa shape index (κ1) is 19.6. The third-order valence-electron chi connectivity index (χ3n) is 4.02. The third kappa shape index (κ3) is 4.76. The van der Waals surface area contributed by atoms with Crippen molar-refractivity contribution >= 4 is 23.1 Å². The van der Waals surface area contributed by atoms with E-state index in [2.05, 4.69) is 34.4 Å². The predicted octanol–water partition coefficient (Wildman–Crippen LogP) is 6.25. The fourth-order valence-electron chi connectivity index (χ4n) is 2.53. The number of rotatable bonds is 5. The zero-order valence-electron chi connectivity index (χ0n) is 15.2. The highest BCUT2D eigenvalue weighted by Gasteiger charge is 2.35. The van der Waals surface area contributed by atoms with Crippen LogP contribution in [-0.4, -0.2) is 9.97 Å². The number of benzene rings is 2. The summed E-state index contributed by atoms with van der Waals surface area (Å²) in [6.45, 7) is 4.12. The molecule has 4 nitrogen and oxygen atoms in total. The first-order valence-corrected chi connectivity index (χ1v) is 8.56. The molecule has 2 N–H and O–H groups in total. The lowest BCUT2D eigenvalue weighted by molar-refractivity contribution is -0.137. The summed E-state index contributed by atoms with van der Waals surface area (Å²) in [5, 5.41) is 5.40. The Morgan fingerprint density at radius 1 is 0.929 bits per heavy atom. The maximum atomic E-state index is 13.4. The van der Waals surface area contributed by atoms with Gasteiger partial charge in [-0.15, -0.1) is 0 Å². The number of nitrogens with zero attached hydrogens (tertiary/aromatic N) is 2. The van der Waals surface area contributed by atoms with E-state index in [4.69, 9.17) is 0 Å². The molecule has 0 unspecified atom stereocenters. The zero-order valence-corrected chi connectivity index (χ0v) is 15.2. The second-order valence-corrected chi connectivity index (χ2v) is 6.49. The van der Waals surface area contributed by atoms with Crippen LogP contribution in [-0.2, 0) is 6.18 Å². The average Bonchev–Trinajstić information content (AvgIpc) is 2.61. The Morgan fingerprint density at radius 2 is 1.64 bits per heavy atom. The second-order valence-electron chi connectivity index (χ2n) is 6.49. The number of alkyl halides is 3. The summed E-state index contributed by atoms with van der Waals surface area (Å²) in [4.78, 5) is 7.70. The van der Waals surface area contributed by atoms with Gasteiger partial charge in [0.2, 0.25) is 5.95 Å². The fraction of sp³-hybridized carbons (Fsp3) is 0.200. The summed E-state index contributed by atoms with van der Waals surface area (Å²) in [6.07, 6.45) is -3.97. The molecular formula is C20H18F4N4. The lowest BCUT2D eigenvalue weighted by Crippen LogP contribution is -2.12. The average molecular weight is 390 g/mol. The molecule has 0 spiro atoms. The minimum Gasteiger partial charge on any atom is -0.339 e. The Hall–Kier alpha value is -3.16. The molecule has 0 aliphatic carbocycles. The van der Waals surface area contributed by atoms with Crippen LogP contribution in [0.3, 0.4) is 0 Å². The van der Waals surface area contributed by atoms with Crippen LogP contribution in [0.25, 0.3) is 0 Å². The van der Waals surface area contributed by atoms with Gasteiger partial charge in [-0.1, -0.05) is 32.0 Å². The quantitative estimate of drug-likeness (QED) is 0.506. The number of nitrogens with one attached hydrogen (secondary N) is 2. The van der Waals surface area contributed by atoms with E-state index in [1.165, 1.54) is 18.2 Å². The van der Waals surface area contributed by atoms with E-state index in [0.717, 1.165) is 11.6 Å². The van der Waals surface area contributed by atoms with E-state index in [1.807, 2.05) is 12.1 Å². The summed E-state index contributed by atoms with van der Waals surface area (Å²) in [5.74, 6) is -0.687. The van der Waals surface area contributed by atoms with Crippen molar-refractivity contribution in [3.05, 3.63) is 71.7 Å². The Balaban J connectivity index is 1.90. The highest BCUT2D eigenvalue weighted by atomic mass is 19.4. The lowest BCUT2D eigenvalue weighted by Gasteiger charge is -2.15. The van der Waals surface area contributed by atoms with Crippen molar-refractivity contribution in [3.8, 4) is 0 Å². The number of aromatic nitrogens is 2. The minimum absolute atomic E-state index is 0.01000. The molecule has 0 bridgehead atoms. The first-order chi connectivity index (χ1) is 13.2. The first-order valence-electron chi connectivity index (χ1n) is 8.56. The van der Waals surface area contributed by atoms with Crippen LogP contribution in [0.15, 0.2) is 54.7 Å². The van der Waals surface area contributed by atoms with Crippen molar-refractivity contribution in [2.45, 2.75) is 25.9 Å². The molecule has 0 saturated carbocycles. The SMILES string of the molecule is CC(C)c1ccc(Nc2ncc(C(F)(F)F)c(Nc3cccc(F)c3)n2)cc1. The van der Waals surface area contributed by atoms with E-state index in [1.54, 1.807) is 12.1 Å². The highest BCUT2D eigenvalue weighted by molar-refractivity contribution is 5.63. The molecular weight excluding hydrogens is 372 g/mol. The van der Waals surface area contributed by atoms with Crippen LogP contribution in [0.5, 0.6) is 0 Å². The molecule has 0 radical (unpaired) electrons. The molecule has 2 aromatic carbocycles. The molecule has 0 atom stereocenters. The standard InChI is InChI=1S/C20H18F4N4/c1-12(2)13-6-8-15(9-7-13)27-19-25-11-17(20(22,23)24)18(28-19)26-16-5-3-4-14(21)10-16/h3-12H,1-2H3,(H2,25,26,27,28). The van der Waals surface area contributed by atoms with Gasteiger partial charge >= 0.3 is 6.18 Å². The van der Waals surface area contributed by atoms with Crippen molar-refractivity contribution in [2.24, 2.45) is 0 Å². The van der Waals surface area contributed by atoms with Gasteiger partial charge in [-0.3, -0.25) is 0 Å². The second kappa shape index (κ2) is 7.84. The monoisotopic (exact) mass is 390 g/mol. The molecule has 0 aliphatic heterocycles. The van der Waals surface area contributed by atoms with E-state index in [9.17, 15) is 17.6 Å². The molecule has 8 heteroatoms. The lowest BCUT2D eigenvalue weighted by atomic mass is 10.0. The van der Waals surface area contributed by atoms with Gasteiger partial charge in [0.15, 0.2) is 0 Å². The smallest absolute Gasteiger partial charge is 0.339 e. The topological polar surface area (TPSA) is 49.8 Å². The molecule has 146 valence electrons. The largest absolute Gasteiger partial charge is 0.421 e. The minimum atomic E-state index is -4.66. The van der Waals surface area contributed by atoms with Crippen LogP contribution in [0, 0.1) is 5.82 Å². The zero-order chi connectivity index (χ0) is 20.3. The Bertz CT molecular complexity index is 953. The van der Waals surface area contributed by atoms with Crippen LogP contribution in [0.1, 0.15) is 30.9 Å². The van der Waals surface area contributed by atoms with Gasteiger partial charge in [0.1, 0.15) is 17.2 Å². The summed E-state index contributed by atoms with van der Waals surface area (Å²) < 4.78 is 53.2. The van der Waals surface area contributed by atoms with Gasteiger partial charge in [-0.2, -0.15) is 18.2 Å². The summed E-state index contributed by atoms with van der Waals surface area (Å²) >= 11 is 0. The van der Waals surface area contributed by atoms with Crippen molar-refractivity contribution < 1.29 is 17.6 Å². The van der Waals surface area contributed by atoms with Crippen molar-refractivity contribution in [1.29, 1.82) is 0 Å². The van der Waals surface area contributed by atoms with E-state index < -0.39 is 23.4 Å². The number of anilines is 4. The van der Waals surface area contributed by atoms with Crippen molar-refractivity contribution in [1.82, 2.24) is 9.97 Å². The summed E-state index contributed by atoms with van der Waals surface area (Å²) in [6, 6.07) is 12.6. The van der Waals surface area contributed by atoms with Gasteiger partial charge in [0.05, 0.1) is 0 Å². The van der Waals surface area contributed by atoms with E-state index in [-0.39, 0.29) is 11.6 Å². The Labute approximate surface area is 159 Å². The summed E-state index contributed by atoms with van der Waals surface area (Å²) in [5.41, 5.74) is 0.877. The molecule has 3 rings (SSSR count). The van der Waals surface area contributed by atoms with Gasteiger partial charge in [0.25, 0.3) is 0 Å². The summed E-state index contributed by atoms with van der Waals surface area (Å²) in [7, 11) is 0. The van der Waals surface area contributed by atoms with Gasteiger partial charge < -0.3 is 10.6 Å². The van der Waals surface area contributed by atoms with Crippen LogP contribution in [0.4, 0.5) is 40.7 Å². The molecule has 0 amide bonds. The predicted molar refractivity (Wildman–Crippen MR) is 101 cm³/mol. The third-order valence-corrected chi connectivity index (χ3v) is 4.02. The fourth-order valence-corrected chi connectivity index (χ4v) is 2.53. The molecule has 3 aromatic rings. The van der Waals surface area contributed by atoms with Crippen molar-refractivity contribution in [2.75, 3.05) is 10.6 Å². The Morgan fingerprint density at radius 3 is 2.25 bits per heavy atom. The number of halogens is 4. The molecule has 0 saturated heterocycles. The molecule has 28 heavy (non-hydrogen) atoms. The van der Waals surface area contributed by atoms with Gasteiger partial charge in [-0.05, 0) is 41.8 Å². The Kier molecular flexibility index (Phi) is 5.48. The van der Waals surface area contributed by atoms with Gasteiger partial charge in [-0.25, -0.2) is 9.37 Å². The molecule has 1 aromatic heterocycles. The molecule has 0 fully saturated rings. The van der Waals surface area contributed by atoms with E-state index >= 15 is 0 Å². The normalized spacial score (nSPS) is 11.5. The maximum Gasteiger partial charge on any atom is 0.421 e. The van der Waals surface area contributed by atoms with E-state index in [0.29, 0.717) is 17.8 Å².